The van der Waals surface area contributed by atoms with Crippen LogP contribution in [0.15, 0.2) is 24.3 Å². The molecule has 1 rings (SSSR count). The van der Waals surface area contributed by atoms with Crippen LogP contribution < -0.4 is 0 Å². The van der Waals surface area contributed by atoms with Gasteiger partial charge in [0, 0.05) is 5.56 Å². The van der Waals surface area contributed by atoms with Crippen molar-refractivity contribution in [3.8, 4) is 5.75 Å². The fourth-order valence-corrected chi connectivity index (χ4v) is 2.45. The molecular weight excluding hydrogens is 232 g/mol. The normalized spacial score (nSPS) is 11.3. The highest BCUT2D eigenvalue weighted by molar-refractivity contribution is 5.60. The maximum atomic E-state index is 9.87. The van der Waals surface area contributed by atoms with E-state index in [1.165, 1.54) is 50.5 Å². The molecule has 0 amide bonds. The summed E-state index contributed by atoms with van der Waals surface area (Å²) in [5, 5.41) is 9.87. The van der Waals surface area contributed by atoms with Gasteiger partial charge in [-0.05, 0) is 31.4 Å². The zero-order valence-corrected chi connectivity index (χ0v) is 12.5. The first-order valence-corrected chi connectivity index (χ1v) is 7.73. The Morgan fingerprint density at radius 3 is 2.37 bits per heavy atom. The minimum atomic E-state index is 0.401. The maximum absolute atomic E-state index is 9.87. The standard InChI is InChI=1S/C18H28O/c1-3-5-6-7-8-9-10-13-16-14-11-15-18(19)17(16)12-4-2/h4,11-12,14-15,19H,3,5-10,13H2,1-2H3. The van der Waals surface area contributed by atoms with Crippen LogP contribution in [0.25, 0.3) is 6.08 Å². The molecule has 106 valence electrons. The molecule has 0 aromatic heterocycles. The zero-order chi connectivity index (χ0) is 13.9. The molecule has 1 aromatic rings. The van der Waals surface area contributed by atoms with Gasteiger partial charge in [-0.15, -0.1) is 0 Å². The largest absolute Gasteiger partial charge is 0.507 e. The van der Waals surface area contributed by atoms with Crippen LogP contribution in [-0.2, 0) is 6.42 Å². The van der Waals surface area contributed by atoms with E-state index in [-0.39, 0.29) is 0 Å². The van der Waals surface area contributed by atoms with Crippen LogP contribution >= 0.6 is 0 Å². The molecule has 1 heteroatoms. The van der Waals surface area contributed by atoms with E-state index in [1.54, 1.807) is 6.07 Å². The van der Waals surface area contributed by atoms with Crippen molar-refractivity contribution in [3.05, 3.63) is 35.4 Å². The lowest BCUT2D eigenvalue weighted by atomic mass is 9.99. The van der Waals surface area contributed by atoms with E-state index >= 15 is 0 Å². The molecule has 0 saturated carbocycles. The molecule has 0 bridgehead atoms. The molecule has 0 spiro atoms. The van der Waals surface area contributed by atoms with Crippen LogP contribution in [0.5, 0.6) is 5.75 Å². The quantitative estimate of drug-likeness (QED) is 0.563. The molecule has 0 atom stereocenters. The van der Waals surface area contributed by atoms with Crippen molar-refractivity contribution in [1.29, 1.82) is 0 Å². The Hall–Kier alpha value is -1.24. The third kappa shape index (κ3) is 5.96. The number of aromatic hydroxyl groups is 1. The van der Waals surface area contributed by atoms with E-state index in [2.05, 4.69) is 13.0 Å². The van der Waals surface area contributed by atoms with Gasteiger partial charge in [-0.2, -0.15) is 0 Å². The smallest absolute Gasteiger partial charge is 0.123 e. The molecular formula is C18H28O. The summed E-state index contributed by atoms with van der Waals surface area (Å²) in [6.45, 7) is 4.24. The molecule has 1 nitrogen and oxygen atoms in total. The summed E-state index contributed by atoms with van der Waals surface area (Å²) in [7, 11) is 0. The van der Waals surface area contributed by atoms with E-state index in [0.29, 0.717) is 5.75 Å². The molecule has 0 radical (unpaired) electrons. The van der Waals surface area contributed by atoms with Gasteiger partial charge >= 0.3 is 0 Å². The van der Waals surface area contributed by atoms with Gasteiger partial charge < -0.3 is 5.11 Å². The molecule has 0 aliphatic carbocycles. The van der Waals surface area contributed by atoms with Gasteiger partial charge in [-0.25, -0.2) is 0 Å². The summed E-state index contributed by atoms with van der Waals surface area (Å²) in [5.74, 6) is 0.401. The van der Waals surface area contributed by atoms with Gasteiger partial charge in [-0.3, -0.25) is 0 Å². The number of hydrogen-bond donors (Lipinski definition) is 1. The van der Waals surface area contributed by atoms with E-state index in [9.17, 15) is 5.11 Å². The number of rotatable bonds is 9. The van der Waals surface area contributed by atoms with Gasteiger partial charge in [0.2, 0.25) is 0 Å². The second-order valence-corrected chi connectivity index (χ2v) is 5.22. The summed E-state index contributed by atoms with van der Waals surface area (Å²) >= 11 is 0. The van der Waals surface area contributed by atoms with E-state index in [1.807, 2.05) is 25.1 Å². The SMILES string of the molecule is CC=Cc1c(O)cccc1CCCCCCCCC. The van der Waals surface area contributed by atoms with Crippen LogP contribution in [0, 0.1) is 0 Å². The molecule has 0 fully saturated rings. The van der Waals surface area contributed by atoms with Gasteiger partial charge in [0.15, 0.2) is 0 Å². The topological polar surface area (TPSA) is 20.2 Å². The number of allylic oxidation sites excluding steroid dienone is 1. The molecule has 0 unspecified atom stereocenters. The van der Waals surface area contributed by atoms with E-state index in [4.69, 9.17) is 0 Å². The third-order valence-corrected chi connectivity index (χ3v) is 3.56. The Labute approximate surface area is 118 Å². The second-order valence-electron chi connectivity index (χ2n) is 5.22. The predicted molar refractivity (Wildman–Crippen MR) is 84.5 cm³/mol. The Morgan fingerprint density at radius 2 is 1.68 bits per heavy atom. The second kappa shape index (κ2) is 9.66. The average molecular weight is 260 g/mol. The van der Waals surface area contributed by atoms with Crippen molar-refractivity contribution >= 4 is 6.08 Å². The highest BCUT2D eigenvalue weighted by atomic mass is 16.3. The van der Waals surface area contributed by atoms with E-state index in [0.717, 1.165) is 12.0 Å². The first-order chi connectivity index (χ1) is 9.29. The molecule has 1 aromatic carbocycles. The Bertz CT molecular complexity index is 379. The van der Waals surface area contributed by atoms with Crippen LogP contribution in [0.2, 0.25) is 0 Å². The highest BCUT2D eigenvalue weighted by Gasteiger charge is 2.04. The number of hydrogen-bond acceptors (Lipinski definition) is 1. The van der Waals surface area contributed by atoms with Crippen LogP contribution in [-0.4, -0.2) is 5.11 Å². The maximum Gasteiger partial charge on any atom is 0.123 e. The molecule has 0 aliphatic rings. The van der Waals surface area contributed by atoms with Crippen molar-refractivity contribution < 1.29 is 5.11 Å². The zero-order valence-electron chi connectivity index (χ0n) is 12.5. The third-order valence-electron chi connectivity index (χ3n) is 3.56. The Balaban J connectivity index is 2.35. The predicted octanol–water partition coefficient (Wildman–Crippen LogP) is 5.72. The fraction of sp³-hybridized carbons (Fsp3) is 0.556. The minimum Gasteiger partial charge on any atom is -0.507 e. The van der Waals surface area contributed by atoms with Crippen molar-refractivity contribution in [2.75, 3.05) is 0 Å². The van der Waals surface area contributed by atoms with Crippen molar-refractivity contribution in [1.82, 2.24) is 0 Å². The number of unbranched alkanes of at least 4 members (excludes halogenated alkanes) is 6. The lowest BCUT2D eigenvalue weighted by Crippen LogP contribution is -1.91. The van der Waals surface area contributed by atoms with E-state index < -0.39 is 0 Å². The summed E-state index contributed by atoms with van der Waals surface area (Å²) in [6.07, 6.45) is 14.4. The van der Waals surface area contributed by atoms with Crippen LogP contribution in [0.1, 0.15) is 69.9 Å². The summed E-state index contributed by atoms with van der Waals surface area (Å²) < 4.78 is 0. The lowest BCUT2D eigenvalue weighted by Gasteiger charge is -2.08. The Kier molecular flexibility index (Phi) is 8.04. The van der Waals surface area contributed by atoms with Crippen LogP contribution in [0.4, 0.5) is 0 Å². The van der Waals surface area contributed by atoms with Gasteiger partial charge in [0.1, 0.15) is 5.75 Å². The molecule has 1 N–H and O–H groups in total. The van der Waals surface area contributed by atoms with Gasteiger partial charge in [0.25, 0.3) is 0 Å². The molecule has 0 aliphatic heterocycles. The molecule has 0 heterocycles. The fourth-order valence-electron chi connectivity index (χ4n) is 2.45. The van der Waals surface area contributed by atoms with Crippen molar-refractivity contribution in [2.45, 2.75) is 65.2 Å². The average Bonchev–Trinajstić information content (AvgIpc) is 2.41. The summed E-state index contributed by atoms with van der Waals surface area (Å²) in [6, 6.07) is 5.84. The van der Waals surface area contributed by atoms with Crippen molar-refractivity contribution in [3.63, 3.8) is 0 Å². The molecule has 19 heavy (non-hydrogen) atoms. The number of phenolic OH excluding ortho intramolecular Hbond substituents is 1. The van der Waals surface area contributed by atoms with Crippen molar-refractivity contribution in [2.24, 2.45) is 0 Å². The van der Waals surface area contributed by atoms with Gasteiger partial charge in [0.05, 0.1) is 0 Å². The summed E-state index contributed by atoms with van der Waals surface area (Å²) in [4.78, 5) is 0. The summed E-state index contributed by atoms with van der Waals surface area (Å²) in [5.41, 5.74) is 2.27. The van der Waals surface area contributed by atoms with Crippen LogP contribution in [0.3, 0.4) is 0 Å². The Morgan fingerprint density at radius 1 is 1.00 bits per heavy atom. The van der Waals surface area contributed by atoms with Gasteiger partial charge in [-0.1, -0.05) is 69.7 Å². The highest BCUT2D eigenvalue weighted by Crippen LogP contribution is 2.24. The molecule has 0 saturated heterocycles. The number of aryl methyl sites for hydroxylation is 1. The number of phenols is 1. The monoisotopic (exact) mass is 260 g/mol. The lowest BCUT2D eigenvalue weighted by molar-refractivity contribution is 0.473. The first kappa shape index (κ1) is 15.8. The first-order valence-electron chi connectivity index (χ1n) is 7.73. The minimum absolute atomic E-state index is 0.401. The number of benzene rings is 1.